The predicted molar refractivity (Wildman–Crippen MR) is 147 cm³/mol. The first-order valence-electron chi connectivity index (χ1n) is 13.5. The first kappa shape index (κ1) is 25.3. The van der Waals surface area contributed by atoms with Gasteiger partial charge in [0.05, 0.1) is 17.4 Å². The van der Waals surface area contributed by atoms with Crippen LogP contribution in [0.3, 0.4) is 0 Å². The molecular weight excluding hydrogens is 466 g/mol. The maximum Gasteiger partial charge on any atom is 0.263 e. The van der Waals surface area contributed by atoms with Gasteiger partial charge in [-0.05, 0) is 57.7 Å². The van der Waals surface area contributed by atoms with Gasteiger partial charge < -0.3 is 10.2 Å². The second-order valence-electron chi connectivity index (χ2n) is 10.4. The summed E-state index contributed by atoms with van der Waals surface area (Å²) in [6, 6.07) is 4.69. The maximum absolute atomic E-state index is 13.4. The van der Waals surface area contributed by atoms with Crippen LogP contribution in [0, 0.1) is 6.92 Å². The second kappa shape index (κ2) is 10.6. The SMILES string of the molecule is CCC(C)N1CCN(c2ccc(Nc3ncc4c(C)c(C(C)=O)c(=O)n(C5CCCC5)c4n3)nc2)CC1. The maximum atomic E-state index is 13.4. The van der Waals surface area contributed by atoms with Crippen molar-refractivity contribution in [1.29, 1.82) is 0 Å². The van der Waals surface area contributed by atoms with E-state index in [9.17, 15) is 9.59 Å². The number of ketones is 1. The van der Waals surface area contributed by atoms with Crippen LogP contribution in [0.2, 0.25) is 0 Å². The van der Waals surface area contributed by atoms with Crippen LogP contribution in [-0.2, 0) is 0 Å². The number of anilines is 3. The molecule has 0 amide bonds. The van der Waals surface area contributed by atoms with Gasteiger partial charge in [-0.25, -0.2) is 9.97 Å². The van der Waals surface area contributed by atoms with Crippen LogP contribution in [0.4, 0.5) is 17.5 Å². The number of carbonyl (C=O) groups excluding carboxylic acids is 1. The molecule has 1 atom stereocenters. The Kier molecular flexibility index (Phi) is 7.24. The lowest BCUT2D eigenvalue weighted by Gasteiger charge is -2.38. The molecule has 4 heterocycles. The third kappa shape index (κ3) is 4.97. The zero-order chi connectivity index (χ0) is 26.1. The molecule has 1 aliphatic carbocycles. The van der Waals surface area contributed by atoms with Crippen molar-refractivity contribution in [2.45, 2.75) is 71.9 Å². The summed E-state index contributed by atoms with van der Waals surface area (Å²) in [7, 11) is 0. The lowest BCUT2D eigenvalue weighted by molar-refractivity contribution is 0.101. The number of aryl methyl sites for hydroxylation is 1. The van der Waals surface area contributed by atoms with E-state index in [1.165, 1.54) is 13.3 Å². The van der Waals surface area contributed by atoms with Crippen LogP contribution in [-0.4, -0.2) is 62.4 Å². The van der Waals surface area contributed by atoms with Crippen molar-refractivity contribution < 1.29 is 4.79 Å². The zero-order valence-corrected chi connectivity index (χ0v) is 22.3. The van der Waals surface area contributed by atoms with Crippen molar-refractivity contribution in [1.82, 2.24) is 24.4 Å². The molecule has 1 unspecified atom stereocenters. The molecule has 3 aromatic heterocycles. The van der Waals surface area contributed by atoms with Crippen LogP contribution in [0.1, 0.15) is 74.8 Å². The van der Waals surface area contributed by atoms with Crippen molar-refractivity contribution in [2.75, 3.05) is 36.4 Å². The number of Topliss-reactive ketones (excluding diaryl/α,β-unsaturated/α-hetero) is 1. The molecule has 2 aliphatic rings. The monoisotopic (exact) mass is 503 g/mol. The van der Waals surface area contributed by atoms with Crippen molar-refractivity contribution in [2.24, 2.45) is 0 Å². The highest BCUT2D eigenvalue weighted by Crippen LogP contribution is 2.32. The van der Waals surface area contributed by atoms with Crippen LogP contribution >= 0.6 is 0 Å². The number of carbonyl (C=O) groups is 1. The molecular formula is C28H37N7O2. The van der Waals surface area contributed by atoms with E-state index in [1.54, 1.807) is 17.7 Å². The normalized spacial score (nSPS) is 17.9. The fourth-order valence-electron chi connectivity index (χ4n) is 5.75. The highest BCUT2D eigenvalue weighted by Gasteiger charge is 2.26. The Morgan fingerprint density at radius 3 is 2.46 bits per heavy atom. The summed E-state index contributed by atoms with van der Waals surface area (Å²) < 4.78 is 1.73. The lowest BCUT2D eigenvalue weighted by atomic mass is 10.0. The summed E-state index contributed by atoms with van der Waals surface area (Å²) in [5.41, 5.74) is 2.32. The number of piperazine rings is 1. The van der Waals surface area contributed by atoms with E-state index < -0.39 is 0 Å². The average Bonchev–Trinajstić information content (AvgIpc) is 3.43. The second-order valence-corrected chi connectivity index (χ2v) is 10.4. The molecule has 1 saturated carbocycles. The van der Waals surface area contributed by atoms with Gasteiger partial charge in [0.2, 0.25) is 5.95 Å². The highest BCUT2D eigenvalue weighted by molar-refractivity contribution is 5.99. The Balaban J connectivity index is 1.39. The molecule has 2 fully saturated rings. The van der Waals surface area contributed by atoms with Gasteiger partial charge in [-0.3, -0.25) is 19.1 Å². The van der Waals surface area contributed by atoms with Gasteiger partial charge in [-0.1, -0.05) is 19.8 Å². The highest BCUT2D eigenvalue weighted by atomic mass is 16.1. The molecule has 0 aromatic carbocycles. The molecule has 5 rings (SSSR count). The van der Waals surface area contributed by atoms with Crippen LogP contribution in [0.25, 0.3) is 11.0 Å². The Hall–Kier alpha value is -3.33. The van der Waals surface area contributed by atoms with Crippen molar-refractivity contribution >= 4 is 34.3 Å². The molecule has 0 bridgehead atoms. The van der Waals surface area contributed by atoms with Crippen molar-refractivity contribution in [3.8, 4) is 0 Å². The standard InChI is InChI=1S/C28H37N7O2/c1-5-18(2)33-12-14-34(15-13-33)22-10-11-24(29-16-22)31-28-30-17-23-19(3)25(20(4)36)27(37)35(26(23)32-28)21-8-6-7-9-21/h10-11,16-18,21H,5-9,12-15H2,1-4H3,(H,29,30,31,32). The third-order valence-electron chi connectivity index (χ3n) is 8.13. The van der Waals surface area contributed by atoms with E-state index in [4.69, 9.17) is 4.98 Å². The minimum absolute atomic E-state index is 0.0506. The molecule has 3 aromatic rings. The molecule has 1 aliphatic heterocycles. The molecule has 9 nitrogen and oxygen atoms in total. The van der Waals surface area contributed by atoms with E-state index in [0.29, 0.717) is 29.0 Å². The van der Waals surface area contributed by atoms with Crippen molar-refractivity contribution in [3.05, 3.63) is 46.0 Å². The smallest absolute Gasteiger partial charge is 0.263 e. The summed E-state index contributed by atoms with van der Waals surface area (Å²) in [5, 5.41) is 3.95. The minimum atomic E-state index is -0.245. The Morgan fingerprint density at radius 2 is 1.84 bits per heavy atom. The number of rotatable bonds is 7. The van der Waals surface area contributed by atoms with Crippen LogP contribution in [0.15, 0.2) is 29.3 Å². The number of fused-ring (bicyclic) bond motifs is 1. The van der Waals surface area contributed by atoms with Crippen LogP contribution < -0.4 is 15.8 Å². The number of aromatic nitrogens is 4. The van der Waals surface area contributed by atoms with E-state index in [2.05, 4.69) is 45.0 Å². The summed E-state index contributed by atoms with van der Waals surface area (Å²) >= 11 is 0. The van der Waals surface area contributed by atoms with Gasteiger partial charge in [0.15, 0.2) is 5.78 Å². The fraction of sp³-hybridized carbons (Fsp3) is 0.536. The number of hydrogen-bond donors (Lipinski definition) is 1. The van der Waals surface area contributed by atoms with Gasteiger partial charge in [0, 0.05) is 49.8 Å². The van der Waals surface area contributed by atoms with Gasteiger partial charge >= 0.3 is 0 Å². The van der Waals surface area contributed by atoms with E-state index >= 15 is 0 Å². The molecule has 37 heavy (non-hydrogen) atoms. The topological polar surface area (TPSA) is 96.2 Å². The van der Waals surface area contributed by atoms with Gasteiger partial charge in [0.1, 0.15) is 11.5 Å². The Bertz CT molecular complexity index is 1340. The summed E-state index contributed by atoms with van der Waals surface area (Å²) in [5.74, 6) is 0.813. The third-order valence-corrected chi connectivity index (χ3v) is 8.13. The quantitative estimate of drug-likeness (QED) is 0.472. The lowest BCUT2D eigenvalue weighted by Crippen LogP contribution is -2.49. The van der Waals surface area contributed by atoms with E-state index in [-0.39, 0.29) is 22.9 Å². The molecule has 9 heteroatoms. The van der Waals surface area contributed by atoms with E-state index in [1.807, 2.05) is 12.3 Å². The molecule has 1 saturated heterocycles. The fourth-order valence-corrected chi connectivity index (χ4v) is 5.75. The molecule has 0 radical (unpaired) electrons. The predicted octanol–water partition coefficient (Wildman–Crippen LogP) is 4.48. The molecule has 1 N–H and O–H groups in total. The Labute approximate surface area is 217 Å². The minimum Gasteiger partial charge on any atom is -0.368 e. The van der Waals surface area contributed by atoms with Gasteiger partial charge in [-0.2, -0.15) is 4.98 Å². The molecule has 0 spiro atoms. The van der Waals surface area contributed by atoms with Gasteiger partial charge in [-0.15, -0.1) is 0 Å². The zero-order valence-electron chi connectivity index (χ0n) is 22.3. The number of nitrogens with zero attached hydrogens (tertiary/aromatic N) is 6. The first-order valence-corrected chi connectivity index (χ1v) is 13.5. The summed E-state index contributed by atoms with van der Waals surface area (Å²) in [4.78, 5) is 44.5. The van der Waals surface area contributed by atoms with Gasteiger partial charge in [0.25, 0.3) is 5.56 Å². The Morgan fingerprint density at radius 1 is 1.11 bits per heavy atom. The molecule has 196 valence electrons. The number of hydrogen-bond acceptors (Lipinski definition) is 8. The average molecular weight is 504 g/mol. The summed E-state index contributed by atoms with van der Waals surface area (Å²) in [6.45, 7) is 11.9. The largest absolute Gasteiger partial charge is 0.368 e. The van der Waals surface area contributed by atoms with Crippen molar-refractivity contribution in [3.63, 3.8) is 0 Å². The van der Waals surface area contributed by atoms with Crippen LogP contribution in [0.5, 0.6) is 0 Å². The first-order chi connectivity index (χ1) is 17.9. The number of nitrogens with one attached hydrogen (secondary N) is 1. The van der Waals surface area contributed by atoms with E-state index in [0.717, 1.165) is 62.9 Å². The summed E-state index contributed by atoms with van der Waals surface area (Å²) in [6.07, 6.45) is 8.74. The number of pyridine rings is 2.